The molecular weight excluding hydrogens is 264 g/mol. The van der Waals surface area contributed by atoms with Crippen molar-refractivity contribution >= 4 is 11.6 Å². The van der Waals surface area contributed by atoms with Crippen LogP contribution in [0.4, 0.5) is 5.69 Å². The lowest BCUT2D eigenvalue weighted by Crippen LogP contribution is -2.49. The van der Waals surface area contributed by atoms with Crippen LogP contribution in [0.25, 0.3) is 0 Å². The normalized spacial score (nSPS) is 25.3. The number of fused-ring (bicyclic) bond motifs is 1. The van der Waals surface area contributed by atoms with Crippen LogP contribution in [-0.2, 0) is 0 Å². The van der Waals surface area contributed by atoms with Crippen LogP contribution in [0, 0.1) is 5.92 Å². The molecule has 1 aliphatic heterocycles. The molecule has 0 aromatic heterocycles. The van der Waals surface area contributed by atoms with Crippen LogP contribution in [0.15, 0.2) is 18.2 Å². The van der Waals surface area contributed by atoms with E-state index in [1.165, 1.54) is 25.7 Å². The summed E-state index contributed by atoms with van der Waals surface area (Å²) in [6.07, 6.45) is 7.40. The van der Waals surface area contributed by atoms with E-state index >= 15 is 0 Å². The predicted molar refractivity (Wildman–Crippen MR) is 83.4 cm³/mol. The lowest BCUT2D eigenvalue weighted by molar-refractivity contribution is 0.0390. The van der Waals surface area contributed by atoms with Crippen LogP contribution in [-0.4, -0.2) is 30.5 Å². The maximum atomic E-state index is 12.8. The van der Waals surface area contributed by atoms with Gasteiger partial charge in [0.25, 0.3) is 5.91 Å². The average molecular weight is 288 g/mol. The van der Waals surface area contributed by atoms with Gasteiger partial charge in [0.15, 0.2) is 0 Å². The van der Waals surface area contributed by atoms with Crippen LogP contribution in [0.2, 0.25) is 0 Å². The van der Waals surface area contributed by atoms with Crippen molar-refractivity contribution < 1.29 is 9.53 Å². The van der Waals surface area contributed by atoms with Crippen molar-refractivity contribution in [3.63, 3.8) is 0 Å². The van der Waals surface area contributed by atoms with E-state index in [-0.39, 0.29) is 5.91 Å². The molecule has 0 unspecified atom stereocenters. The zero-order chi connectivity index (χ0) is 14.8. The topological polar surface area (TPSA) is 55.6 Å². The van der Waals surface area contributed by atoms with Crippen LogP contribution in [0.3, 0.4) is 0 Å². The Balaban J connectivity index is 1.81. The van der Waals surface area contributed by atoms with E-state index in [4.69, 9.17) is 10.5 Å². The number of nitrogens with zero attached hydrogens (tertiary/aromatic N) is 1. The minimum Gasteiger partial charge on any atom is -0.495 e. The molecule has 1 heterocycles. The molecule has 1 saturated heterocycles. The Morgan fingerprint density at radius 3 is 2.76 bits per heavy atom. The van der Waals surface area contributed by atoms with Gasteiger partial charge in [0.05, 0.1) is 12.8 Å². The van der Waals surface area contributed by atoms with Crippen molar-refractivity contribution in [3.8, 4) is 5.75 Å². The molecule has 2 N–H and O–H groups in total. The second-order valence-corrected chi connectivity index (χ2v) is 6.21. The molecule has 0 spiro atoms. The molecule has 1 amide bonds. The van der Waals surface area contributed by atoms with E-state index in [9.17, 15) is 4.79 Å². The summed E-state index contributed by atoms with van der Waals surface area (Å²) in [6, 6.07) is 5.78. The summed E-state index contributed by atoms with van der Waals surface area (Å²) < 4.78 is 5.16. The molecule has 2 aliphatic rings. The SMILES string of the molecule is COc1ccc(C(=O)N2CCC[C@H]3CCCC[C@H]32)cc1N. The van der Waals surface area contributed by atoms with Gasteiger partial charge in [0, 0.05) is 18.2 Å². The highest BCUT2D eigenvalue weighted by Crippen LogP contribution is 2.36. The number of nitrogens with two attached hydrogens (primary N) is 1. The van der Waals surface area contributed by atoms with Crippen molar-refractivity contribution in [3.05, 3.63) is 23.8 Å². The van der Waals surface area contributed by atoms with E-state index in [1.807, 2.05) is 6.07 Å². The zero-order valence-electron chi connectivity index (χ0n) is 12.7. The maximum Gasteiger partial charge on any atom is 0.254 e. The van der Waals surface area contributed by atoms with Crippen molar-refractivity contribution in [1.29, 1.82) is 0 Å². The smallest absolute Gasteiger partial charge is 0.254 e. The van der Waals surface area contributed by atoms with Crippen LogP contribution in [0.5, 0.6) is 5.75 Å². The minimum atomic E-state index is 0.126. The minimum absolute atomic E-state index is 0.126. The Bertz CT molecular complexity index is 528. The maximum absolute atomic E-state index is 12.8. The summed E-state index contributed by atoms with van der Waals surface area (Å²) in [5.74, 6) is 1.45. The third-order valence-corrected chi connectivity index (χ3v) is 4.98. The third-order valence-electron chi connectivity index (χ3n) is 4.98. The summed E-state index contributed by atoms with van der Waals surface area (Å²) in [5, 5.41) is 0. The number of piperidine rings is 1. The first-order valence-electron chi connectivity index (χ1n) is 7.95. The van der Waals surface area contributed by atoms with Gasteiger partial charge in [-0.2, -0.15) is 0 Å². The van der Waals surface area contributed by atoms with Gasteiger partial charge < -0.3 is 15.4 Å². The number of methoxy groups -OCH3 is 1. The molecule has 2 atom stereocenters. The molecule has 2 fully saturated rings. The first-order chi connectivity index (χ1) is 10.2. The largest absolute Gasteiger partial charge is 0.495 e. The molecule has 4 heteroatoms. The van der Waals surface area contributed by atoms with Crippen molar-refractivity contribution in [2.45, 2.75) is 44.6 Å². The van der Waals surface area contributed by atoms with Gasteiger partial charge in [0.1, 0.15) is 5.75 Å². The summed E-state index contributed by atoms with van der Waals surface area (Å²) in [6.45, 7) is 0.881. The quantitative estimate of drug-likeness (QED) is 0.851. The first kappa shape index (κ1) is 14.2. The second-order valence-electron chi connectivity index (χ2n) is 6.21. The highest BCUT2D eigenvalue weighted by molar-refractivity contribution is 5.95. The molecule has 1 aliphatic carbocycles. The van der Waals surface area contributed by atoms with Gasteiger partial charge in [-0.15, -0.1) is 0 Å². The number of likely N-dealkylation sites (tertiary alicyclic amines) is 1. The first-order valence-corrected chi connectivity index (χ1v) is 7.95. The molecule has 4 nitrogen and oxygen atoms in total. The number of carbonyl (C=O) groups excluding carboxylic acids is 1. The van der Waals surface area contributed by atoms with Crippen molar-refractivity contribution in [2.75, 3.05) is 19.4 Å². The molecule has 3 rings (SSSR count). The number of rotatable bonds is 2. The van der Waals surface area contributed by atoms with Crippen molar-refractivity contribution in [2.24, 2.45) is 5.92 Å². The van der Waals surface area contributed by atoms with Crippen LogP contribution < -0.4 is 10.5 Å². The third kappa shape index (κ3) is 2.71. The van der Waals surface area contributed by atoms with Gasteiger partial charge in [-0.25, -0.2) is 0 Å². The average Bonchev–Trinajstić information content (AvgIpc) is 2.53. The summed E-state index contributed by atoms with van der Waals surface area (Å²) in [4.78, 5) is 14.9. The van der Waals surface area contributed by atoms with E-state index in [0.717, 1.165) is 19.4 Å². The lowest BCUT2D eigenvalue weighted by atomic mass is 9.78. The van der Waals surface area contributed by atoms with E-state index in [1.54, 1.807) is 19.2 Å². The number of ether oxygens (including phenoxy) is 1. The number of anilines is 1. The van der Waals surface area contributed by atoms with E-state index < -0.39 is 0 Å². The molecule has 0 radical (unpaired) electrons. The number of benzene rings is 1. The predicted octanol–water partition coefficient (Wildman–Crippen LogP) is 3.07. The number of amides is 1. The monoisotopic (exact) mass is 288 g/mol. The molecule has 0 bridgehead atoms. The Hall–Kier alpha value is -1.71. The Morgan fingerprint density at radius 1 is 1.24 bits per heavy atom. The fraction of sp³-hybridized carbons (Fsp3) is 0.588. The zero-order valence-corrected chi connectivity index (χ0v) is 12.7. The highest BCUT2D eigenvalue weighted by atomic mass is 16.5. The number of hydrogen-bond donors (Lipinski definition) is 1. The highest BCUT2D eigenvalue weighted by Gasteiger charge is 2.35. The van der Waals surface area contributed by atoms with Gasteiger partial charge in [-0.1, -0.05) is 12.8 Å². The number of hydrogen-bond acceptors (Lipinski definition) is 3. The van der Waals surface area contributed by atoms with Gasteiger partial charge >= 0.3 is 0 Å². The standard InChI is InChI=1S/C17H24N2O2/c1-21-16-9-8-13(11-14(16)18)17(20)19-10-4-6-12-5-2-3-7-15(12)19/h8-9,11-12,15H,2-7,10,18H2,1H3/t12-,15-/m1/s1. The summed E-state index contributed by atoms with van der Waals surface area (Å²) in [7, 11) is 1.59. The van der Waals surface area contributed by atoms with Gasteiger partial charge in [-0.05, 0) is 49.8 Å². The molecule has 114 valence electrons. The Kier molecular flexibility index (Phi) is 4.04. The molecular formula is C17H24N2O2. The lowest BCUT2D eigenvalue weighted by Gasteiger charge is -2.44. The molecule has 1 aromatic rings. The van der Waals surface area contributed by atoms with Gasteiger partial charge in [-0.3, -0.25) is 4.79 Å². The Morgan fingerprint density at radius 2 is 2.00 bits per heavy atom. The fourth-order valence-electron chi connectivity index (χ4n) is 3.91. The summed E-state index contributed by atoms with van der Waals surface area (Å²) in [5.41, 5.74) is 7.14. The van der Waals surface area contributed by atoms with E-state index in [2.05, 4.69) is 4.90 Å². The fourth-order valence-corrected chi connectivity index (χ4v) is 3.91. The van der Waals surface area contributed by atoms with E-state index in [0.29, 0.717) is 29.0 Å². The Labute approximate surface area is 126 Å². The molecule has 21 heavy (non-hydrogen) atoms. The molecule has 1 saturated carbocycles. The second kappa shape index (κ2) is 5.96. The number of carbonyl (C=O) groups is 1. The van der Waals surface area contributed by atoms with Gasteiger partial charge in [0.2, 0.25) is 0 Å². The number of nitrogen functional groups attached to an aromatic ring is 1. The summed E-state index contributed by atoms with van der Waals surface area (Å²) >= 11 is 0. The molecule has 1 aromatic carbocycles. The van der Waals surface area contributed by atoms with Crippen molar-refractivity contribution in [1.82, 2.24) is 4.90 Å². The van der Waals surface area contributed by atoms with Crippen LogP contribution >= 0.6 is 0 Å². The van der Waals surface area contributed by atoms with Crippen LogP contribution in [0.1, 0.15) is 48.9 Å².